The van der Waals surface area contributed by atoms with Crippen LogP contribution in [0.1, 0.15) is 56.2 Å². The van der Waals surface area contributed by atoms with Gasteiger partial charge in [0.2, 0.25) is 0 Å². The van der Waals surface area contributed by atoms with Gasteiger partial charge in [0.05, 0.1) is 11.0 Å². The van der Waals surface area contributed by atoms with Crippen molar-refractivity contribution < 1.29 is 20.4 Å². The largest absolute Gasteiger partial charge is 0.412 e. The van der Waals surface area contributed by atoms with Crippen molar-refractivity contribution in [2.75, 3.05) is 12.8 Å². The molecule has 2 fully saturated rings. The van der Waals surface area contributed by atoms with Gasteiger partial charge in [-0.25, -0.2) is 8.51 Å². The molecule has 3 N–H and O–H groups in total. The zero-order valence-corrected chi connectivity index (χ0v) is 13.7. The van der Waals surface area contributed by atoms with Crippen molar-refractivity contribution in [2.45, 2.75) is 50.6 Å². The van der Waals surface area contributed by atoms with Crippen molar-refractivity contribution in [1.82, 2.24) is 14.8 Å². The maximum Gasteiger partial charge on any atom is 0.273 e. The molecule has 2 heterocycles. The second-order valence-electron chi connectivity index (χ2n) is 6.00. The number of nitrogens with zero attached hydrogens (tertiary/aromatic N) is 2. The van der Waals surface area contributed by atoms with Gasteiger partial charge in [-0.2, -0.15) is 0 Å². The number of rotatable bonds is 4. The first-order chi connectivity index (χ1) is 10.0. The topological polar surface area (TPSA) is 107 Å². The van der Waals surface area contributed by atoms with E-state index in [0.717, 1.165) is 38.0 Å². The predicted molar refractivity (Wildman–Crippen MR) is 84.9 cm³/mol. The minimum absolute atomic E-state index is 0. The lowest BCUT2D eigenvalue weighted by atomic mass is 10.0. The summed E-state index contributed by atoms with van der Waals surface area (Å²) in [5, 5.41) is 6.87. The van der Waals surface area contributed by atoms with Gasteiger partial charge in [-0.3, -0.25) is 4.79 Å². The Kier molecular flexibility index (Phi) is 5.36. The van der Waals surface area contributed by atoms with E-state index in [9.17, 15) is 9.00 Å². The molecule has 0 radical (unpaired) electrons. The molecular formula is C14H25N3O4S. The van der Waals surface area contributed by atoms with Crippen molar-refractivity contribution in [3.8, 4) is 0 Å². The van der Waals surface area contributed by atoms with Crippen molar-refractivity contribution in [2.24, 2.45) is 0 Å². The highest BCUT2D eigenvalue weighted by molar-refractivity contribution is 7.81. The van der Waals surface area contributed by atoms with Crippen LogP contribution in [0.2, 0.25) is 0 Å². The fourth-order valence-corrected chi connectivity index (χ4v) is 3.84. The van der Waals surface area contributed by atoms with Crippen LogP contribution in [-0.4, -0.2) is 49.9 Å². The Labute approximate surface area is 133 Å². The predicted octanol–water partition coefficient (Wildman–Crippen LogP) is 0.849. The molecule has 22 heavy (non-hydrogen) atoms. The molecule has 1 aliphatic carbocycles. The van der Waals surface area contributed by atoms with Crippen LogP contribution >= 0.6 is 0 Å². The van der Waals surface area contributed by atoms with Crippen LogP contribution in [-0.2, 0) is 11.0 Å². The number of carbonyl (C=O) groups excluding carboxylic acids is 1. The average Bonchev–Trinajstić information content (AvgIpc) is 3.16. The third kappa shape index (κ3) is 3.74. The van der Waals surface area contributed by atoms with E-state index in [2.05, 4.69) is 10.5 Å². The number of hydrogen-bond acceptors (Lipinski definition) is 4. The van der Waals surface area contributed by atoms with E-state index >= 15 is 0 Å². The van der Waals surface area contributed by atoms with Crippen LogP contribution in [0, 0.1) is 0 Å². The summed E-state index contributed by atoms with van der Waals surface area (Å²) in [5.74, 6) is 1.11. The van der Waals surface area contributed by atoms with Crippen molar-refractivity contribution in [1.29, 1.82) is 0 Å². The highest BCUT2D eigenvalue weighted by atomic mass is 32.2. The molecule has 1 saturated heterocycles. The summed E-state index contributed by atoms with van der Waals surface area (Å²) in [6.07, 6.45) is 5.56. The van der Waals surface area contributed by atoms with Crippen LogP contribution < -0.4 is 5.32 Å². The number of amides is 1. The van der Waals surface area contributed by atoms with Gasteiger partial charge in [-0.1, -0.05) is 5.16 Å². The summed E-state index contributed by atoms with van der Waals surface area (Å²) in [7, 11) is -0.947. The molecule has 126 valence electrons. The summed E-state index contributed by atoms with van der Waals surface area (Å²) in [6, 6.07) is 2.06. The molecule has 0 spiro atoms. The van der Waals surface area contributed by atoms with Gasteiger partial charge in [-0.15, -0.1) is 0 Å². The first kappa shape index (κ1) is 17.1. The van der Waals surface area contributed by atoms with E-state index in [-0.39, 0.29) is 24.9 Å². The molecule has 3 rings (SSSR count). The molecule has 8 heteroatoms. The molecule has 1 aromatic rings. The van der Waals surface area contributed by atoms with Gasteiger partial charge >= 0.3 is 0 Å². The standard InChI is InChI=1S/C14H21N3O3S.H2O.H2/c1-9-7-11(5-6-17(9)21(2)19)15-14(18)12-8-13(20-16-12)10-3-4-10;;/h8-11H,3-7H2,1-2H3,(H,15,18);1H2;1H/t9-,11+,21?;;/m0../s1. The molecule has 7 nitrogen and oxygen atoms in total. The van der Waals surface area contributed by atoms with Crippen LogP contribution in [0.15, 0.2) is 10.6 Å². The van der Waals surface area contributed by atoms with E-state index in [1.165, 1.54) is 0 Å². The Hall–Kier alpha value is -1.25. The summed E-state index contributed by atoms with van der Waals surface area (Å²) >= 11 is 0. The van der Waals surface area contributed by atoms with Crippen LogP contribution in [0.3, 0.4) is 0 Å². The van der Waals surface area contributed by atoms with Gasteiger partial charge in [0.15, 0.2) is 5.69 Å². The molecule has 1 amide bonds. The minimum atomic E-state index is -0.947. The second kappa shape index (κ2) is 6.89. The highest BCUT2D eigenvalue weighted by Crippen LogP contribution is 2.40. The number of nitrogens with one attached hydrogen (secondary N) is 1. The summed E-state index contributed by atoms with van der Waals surface area (Å²) in [5.41, 5.74) is 0.367. The van der Waals surface area contributed by atoms with Crippen LogP contribution in [0.5, 0.6) is 0 Å². The second-order valence-corrected chi connectivity index (χ2v) is 7.31. The van der Waals surface area contributed by atoms with Gasteiger partial charge in [0.25, 0.3) is 5.91 Å². The quantitative estimate of drug-likeness (QED) is 0.882. The summed E-state index contributed by atoms with van der Waals surface area (Å²) in [4.78, 5) is 12.2. The first-order valence-electron chi connectivity index (χ1n) is 7.42. The first-order valence-corrected chi connectivity index (χ1v) is 8.93. The SMILES string of the molecule is C[C@H]1C[C@H](NC(=O)c2cc(C3CC3)on2)CCN1S(C)=O.O.[HH]. The number of aromatic nitrogens is 1. The Bertz CT molecular complexity index is 564. The van der Waals surface area contributed by atoms with E-state index in [1.807, 2.05) is 11.2 Å². The van der Waals surface area contributed by atoms with Gasteiger partial charge in [-0.05, 0) is 32.6 Å². The van der Waals surface area contributed by atoms with E-state index in [0.29, 0.717) is 11.6 Å². The third-order valence-electron chi connectivity index (χ3n) is 4.22. The minimum Gasteiger partial charge on any atom is -0.412 e. The van der Waals surface area contributed by atoms with Crippen molar-refractivity contribution in [3.05, 3.63) is 17.5 Å². The lowest BCUT2D eigenvalue weighted by Crippen LogP contribution is -2.49. The fourth-order valence-electron chi connectivity index (χ4n) is 2.88. The van der Waals surface area contributed by atoms with Crippen molar-refractivity contribution >= 4 is 16.9 Å². The summed E-state index contributed by atoms with van der Waals surface area (Å²) < 4.78 is 18.7. The third-order valence-corrected chi connectivity index (χ3v) is 5.42. The molecule has 0 bridgehead atoms. The molecule has 1 aliphatic heterocycles. The lowest BCUT2D eigenvalue weighted by Gasteiger charge is -2.35. The lowest BCUT2D eigenvalue weighted by molar-refractivity contribution is 0.0906. The Morgan fingerprint density at radius 2 is 2.23 bits per heavy atom. The Morgan fingerprint density at radius 1 is 1.50 bits per heavy atom. The van der Waals surface area contributed by atoms with Crippen LogP contribution in [0.4, 0.5) is 0 Å². The fraction of sp³-hybridized carbons (Fsp3) is 0.714. The molecule has 3 atom stereocenters. The highest BCUT2D eigenvalue weighted by Gasteiger charge is 2.31. The van der Waals surface area contributed by atoms with E-state index in [1.54, 1.807) is 12.3 Å². The zero-order valence-electron chi connectivity index (χ0n) is 12.9. The monoisotopic (exact) mass is 331 g/mol. The average molecular weight is 331 g/mol. The molecule has 1 unspecified atom stereocenters. The normalized spacial score (nSPS) is 27.0. The van der Waals surface area contributed by atoms with Crippen LogP contribution in [0.25, 0.3) is 0 Å². The maximum absolute atomic E-state index is 12.2. The Balaban J connectivity index is 0.00000132. The van der Waals surface area contributed by atoms with E-state index in [4.69, 9.17) is 4.52 Å². The molecule has 1 saturated carbocycles. The Morgan fingerprint density at radius 3 is 2.82 bits per heavy atom. The van der Waals surface area contributed by atoms with Gasteiger partial charge in [0.1, 0.15) is 5.76 Å². The van der Waals surface area contributed by atoms with Gasteiger partial charge < -0.3 is 15.3 Å². The number of hydrogen-bond donors (Lipinski definition) is 1. The molecular weight excluding hydrogens is 306 g/mol. The molecule has 1 aromatic heterocycles. The number of carbonyl (C=O) groups is 1. The molecule has 0 aromatic carbocycles. The van der Waals surface area contributed by atoms with Gasteiger partial charge in [0, 0.05) is 38.3 Å². The maximum atomic E-state index is 12.2. The summed E-state index contributed by atoms with van der Waals surface area (Å²) in [6.45, 7) is 2.78. The van der Waals surface area contributed by atoms with Crippen molar-refractivity contribution in [3.63, 3.8) is 0 Å². The zero-order chi connectivity index (χ0) is 15.0. The van der Waals surface area contributed by atoms with E-state index < -0.39 is 11.0 Å². The smallest absolute Gasteiger partial charge is 0.273 e. The number of piperidine rings is 1. The molecule has 2 aliphatic rings.